The lowest BCUT2D eigenvalue weighted by atomic mass is 10.1. The maximum absolute atomic E-state index is 9.27. The molecule has 1 aromatic carbocycles. The SMILES string of the molecule is OCc1cnc(OCC2CC2)c2ccccc12. The molecule has 2 aromatic rings. The van der Waals surface area contributed by atoms with Crippen LogP contribution in [0.25, 0.3) is 10.8 Å². The topological polar surface area (TPSA) is 42.4 Å². The smallest absolute Gasteiger partial charge is 0.221 e. The van der Waals surface area contributed by atoms with E-state index < -0.39 is 0 Å². The van der Waals surface area contributed by atoms with Crippen LogP contribution in [0.1, 0.15) is 18.4 Å². The molecule has 1 heterocycles. The molecule has 0 aliphatic heterocycles. The monoisotopic (exact) mass is 229 g/mol. The molecule has 1 aliphatic carbocycles. The molecule has 1 saturated carbocycles. The molecular weight excluding hydrogens is 214 g/mol. The average Bonchev–Trinajstić information content (AvgIpc) is 3.20. The predicted octanol–water partition coefficient (Wildman–Crippen LogP) is 2.52. The normalized spacial score (nSPS) is 15.1. The van der Waals surface area contributed by atoms with Crippen molar-refractivity contribution < 1.29 is 9.84 Å². The van der Waals surface area contributed by atoms with Crippen LogP contribution >= 0.6 is 0 Å². The van der Waals surface area contributed by atoms with Crippen molar-refractivity contribution in [3.63, 3.8) is 0 Å². The van der Waals surface area contributed by atoms with Crippen molar-refractivity contribution in [3.05, 3.63) is 36.0 Å². The van der Waals surface area contributed by atoms with Crippen LogP contribution in [0, 0.1) is 5.92 Å². The molecular formula is C14H15NO2. The van der Waals surface area contributed by atoms with Gasteiger partial charge >= 0.3 is 0 Å². The van der Waals surface area contributed by atoms with E-state index in [1.807, 2.05) is 24.3 Å². The number of benzene rings is 1. The second kappa shape index (κ2) is 4.34. The molecule has 17 heavy (non-hydrogen) atoms. The van der Waals surface area contributed by atoms with Gasteiger partial charge in [0, 0.05) is 17.1 Å². The number of ether oxygens (including phenoxy) is 1. The van der Waals surface area contributed by atoms with Crippen LogP contribution < -0.4 is 4.74 Å². The second-order valence-electron chi connectivity index (χ2n) is 4.55. The number of hydrogen-bond acceptors (Lipinski definition) is 3. The van der Waals surface area contributed by atoms with Crippen molar-refractivity contribution in [1.29, 1.82) is 0 Å². The van der Waals surface area contributed by atoms with Crippen molar-refractivity contribution in [1.82, 2.24) is 4.98 Å². The second-order valence-corrected chi connectivity index (χ2v) is 4.55. The molecule has 88 valence electrons. The first-order valence-electron chi connectivity index (χ1n) is 5.99. The van der Waals surface area contributed by atoms with Crippen LogP contribution in [-0.4, -0.2) is 16.7 Å². The number of aliphatic hydroxyl groups is 1. The van der Waals surface area contributed by atoms with E-state index in [-0.39, 0.29) is 6.61 Å². The summed E-state index contributed by atoms with van der Waals surface area (Å²) in [6.07, 6.45) is 4.24. The fourth-order valence-electron chi connectivity index (χ4n) is 1.95. The van der Waals surface area contributed by atoms with Crippen LogP contribution in [0.3, 0.4) is 0 Å². The largest absolute Gasteiger partial charge is 0.477 e. The maximum atomic E-state index is 9.27. The van der Waals surface area contributed by atoms with Crippen molar-refractivity contribution in [2.75, 3.05) is 6.61 Å². The molecule has 0 spiro atoms. The summed E-state index contributed by atoms with van der Waals surface area (Å²) in [5.41, 5.74) is 0.847. The van der Waals surface area contributed by atoms with Crippen molar-refractivity contribution in [3.8, 4) is 5.88 Å². The highest BCUT2D eigenvalue weighted by atomic mass is 16.5. The van der Waals surface area contributed by atoms with Gasteiger partial charge in [-0.1, -0.05) is 18.2 Å². The molecule has 0 radical (unpaired) electrons. The lowest BCUT2D eigenvalue weighted by Gasteiger charge is -2.09. The quantitative estimate of drug-likeness (QED) is 0.876. The van der Waals surface area contributed by atoms with Crippen molar-refractivity contribution >= 4 is 10.8 Å². The van der Waals surface area contributed by atoms with Crippen LogP contribution in [0.2, 0.25) is 0 Å². The van der Waals surface area contributed by atoms with Gasteiger partial charge in [-0.05, 0) is 30.2 Å². The third-order valence-corrected chi connectivity index (χ3v) is 3.16. The minimum absolute atomic E-state index is 0.0103. The average molecular weight is 229 g/mol. The van der Waals surface area contributed by atoms with E-state index >= 15 is 0 Å². The molecule has 1 aromatic heterocycles. The summed E-state index contributed by atoms with van der Waals surface area (Å²) < 4.78 is 5.75. The first-order chi connectivity index (χ1) is 8.38. The summed E-state index contributed by atoms with van der Waals surface area (Å²) in [7, 11) is 0. The van der Waals surface area contributed by atoms with E-state index in [0.29, 0.717) is 11.8 Å². The fraction of sp³-hybridized carbons (Fsp3) is 0.357. The Bertz CT molecular complexity index is 535. The zero-order chi connectivity index (χ0) is 11.7. The summed E-state index contributed by atoms with van der Waals surface area (Å²) in [5.74, 6) is 1.40. The Labute approximate surface area is 100 Å². The third kappa shape index (κ3) is 2.11. The van der Waals surface area contributed by atoms with Gasteiger partial charge < -0.3 is 9.84 Å². The van der Waals surface area contributed by atoms with Gasteiger partial charge in [0.15, 0.2) is 0 Å². The van der Waals surface area contributed by atoms with Crippen LogP contribution in [-0.2, 0) is 6.61 Å². The number of rotatable bonds is 4. The molecule has 1 fully saturated rings. The maximum Gasteiger partial charge on any atom is 0.221 e. The van der Waals surface area contributed by atoms with Crippen LogP contribution in [0.4, 0.5) is 0 Å². The standard InChI is InChI=1S/C14H15NO2/c16-8-11-7-15-14(17-9-10-5-6-10)13-4-2-1-3-12(11)13/h1-4,7,10,16H,5-6,8-9H2. The molecule has 1 aliphatic rings. The zero-order valence-corrected chi connectivity index (χ0v) is 9.60. The van der Waals surface area contributed by atoms with E-state index in [0.717, 1.165) is 22.9 Å². The summed E-state index contributed by atoms with van der Waals surface area (Å²) >= 11 is 0. The number of aromatic nitrogens is 1. The van der Waals surface area contributed by atoms with Gasteiger partial charge in [-0.25, -0.2) is 4.98 Å². The summed E-state index contributed by atoms with van der Waals surface area (Å²) in [6.45, 7) is 0.770. The van der Waals surface area contributed by atoms with E-state index in [9.17, 15) is 5.11 Å². The van der Waals surface area contributed by atoms with Crippen LogP contribution in [0.5, 0.6) is 5.88 Å². The van der Waals surface area contributed by atoms with Gasteiger partial charge in [-0.15, -0.1) is 0 Å². The molecule has 0 unspecified atom stereocenters. The van der Waals surface area contributed by atoms with Gasteiger partial charge in [0.05, 0.1) is 13.2 Å². The van der Waals surface area contributed by atoms with Crippen molar-refractivity contribution in [2.45, 2.75) is 19.4 Å². The van der Waals surface area contributed by atoms with E-state index in [1.54, 1.807) is 6.20 Å². The lowest BCUT2D eigenvalue weighted by Crippen LogP contribution is -2.02. The Morgan fingerprint density at radius 3 is 2.71 bits per heavy atom. The Balaban J connectivity index is 1.99. The first-order valence-corrected chi connectivity index (χ1v) is 5.99. The molecule has 3 nitrogen and oxygen atoms in total. The van der Waals surface area contributed by atoms with Gasteiger partial charge in [-0.3, -0.25) is 0 Å². The Kier molecular flexibility index (Phi) is 2.69. The van der Waals surface area contributed by atoms with Gasteiger partial charge in [0.1, 0.15) is 0 Å². The zero-order valence-electron chi connectivity index (χ0n) is 9.60. The van der Waals surface area contributed by atoms with Crippen LogP contribution in [0.15, 0.2) is 30.5 Å². The fourth-order valence-corrected chi connectivity index (χ4v) is 1.95. The minimum Gasteiger partial charge on any atom is -0.477 e. The molecule has 0 bridgehead atoms. The molecule has 3 heteroatoms. The Morgan fingerprint density at radius 2 is 2.00 bits per heavy atom. The molecule has 1 N–H and O–H groups in total. The van der Waals surface area contributed by atoms with Crippen molar-refractivity contribution in [2.24, 2.45) is 5.92 Å². The predicted molar refractivity (Wildman–Crippen MR) is 65.9 cm³/mol. The highest BCUT2D eigenvalue weighted by Crippen LogP contribution is 2.31. The Hall–Kier alpha value is -1.61. The number of pyridine rings is 1. The number of nitrogens with zero attached hydrogens (tertiary/aromatic N) is 1. The summed E-state index contributed by atoms with van der Waals surface area (Å²) in [6, 6.07) is 7.91. The van der Waals surface area contributed by atoms with Gasteiger partial charge in [0.2, 0.25) is 5.88 Å². The van der Waals surface area contributed by atoms with E-state index in [1.165, 1.54) is 12.8 Å². The highest BCUT2D eigenvalue weighted by Gasteiger charge is 2.22. The first kappa shape index (κ1) is 10.5. The number of fused-ring (bicyclic) bond motifs is 1. The van der Waals surface area contributed by atoms with Gasteiger partial charge in [-0.2, -0.15) is 0 Å². The van der Waals surface area contributed by atoms with Gasteiger partial charge in [0.25, 0.3) is 0 Å². The Morgan fingerprint density at radius 1 is 1.24 bits per heavy atom. The molecule has 0 atom stereocenters. The minimum atomic E-state index is 0.0103. The molecule has 3 rings (SSSR count). The summed E-state index contributed by atoms with van der Waals surface area (Å²) in [5, 5.41) is 11.3. The number of aliphatic hydroxyl groups excluding tert-OH is 1. The van der Waals surface area contributed by atoms with E-state index in [2.05, 4.69) is 4.98 Å². The molecule has 0 amide bonds. The van der Waals surface area contributed by atoms with E-state index in [4.69, 9.17) is 4.74 Å². The molecule has 0 saturated heterocycles. The third-order valence-electron chi connectivity index (χ3n) is 3.16. The summed E-state index contributed by atoms with van der Waals surface area (Å²) in [4.78, 5) is 4.30. The number of hydrogen-bond donors (Lipinski definition) is 1. The highest BCUT2D eigenvalue weighted by molar-refractivity contribution is 5.89. The lowest BCUT2D eigenvalue weighted by molar-refractivity contribution is 0.280.